The van der Waals surface area contributed by atoms with Crippen LogP contribution >= 0.6 is 0 Å². The number of benzene rings is 2. The van der Waals surface area contributed by atoms with Gasteiger partial charge in [-0.1, -0.05) is 37.3 Å². The minimum absolute atomic E-state index is 0.109. The maximum Gasteiger partial charge on any atom is 0.242 e. The highest BCUT2D eigenvalue weighted by molar-refractivity contribution is 7.89. The Balaban J connectivity index is 1.87. The van der Waals surface area contributed by atoms with Crippen molar-refractivity contribution in [2.45, 2.75) is 50.5 Å². The van der Waals surface area contributed by atoms with Gasteiger partial charge < -0.3 is 16.0 Å². The summed E-state index contributed by atoms with van der Waals surface area (Å²) in [5.74, 6) is -0.747. The fraction of sp³-hybridized carbons (Fsp3) is 0.417. The number of nitrogens with two attached hydrogens (primary N) is 1. The molecule has 0 unspecified atom stereocenters. The van der Waals surface area contributed by atoms with Gasteiger partial charge in [-0.25, -0.2) is 13.1 Å². The second-order valence-corrected chi connectivity index (χ2v) is 10.2. The number of amides is 2. The molecule has 33 heavy (non-hydrogen) atoms. The quantitative estimate of drug-likeness (QED) is 0.518. The normalized spacial score (nSPS) is 15.8. The van der Waals surface area contributed by atoms with Crippen molar-refractivity contribution in [1.29, 1.82) is 0 Å². The maximum absolute atomic E-state index is 13.2. The molecule has 2 aromatic carbocycles. The molecule has 2 aromatic rings. The van der Waals surface area contributed by atoms with E-state index in [0.717, 1.165) is 5.56 Å². The van der Waals surface area contributed by atoms with Crippen LogP contribution < -0.4 is 20.7 Å². The SMILES string of the molecule is CC[C@H](C)NS(=O)(=O)c1cc(NC(=O)Cc2ccccc2)ccc1N1CCC(C(N)=O)CC1. The third-order valence-electron chi connectivity index (χ3n) is 5.95. The molecule has 2 amide bonds. The van der Waals surface area contributed by atoms with E-state index >= 15 is 0 Å². The first kappa shape index (κ1) is 24.7. The zero-order valence-electron chi connectivity index (χ0n) is 19.1. The van der Waals surface area contributed by atoms with E-state index in [1.165, 1.54) is 6.07 Å². The number of nitrogens with zero attached hydrogens (tertiary/aromatic N) is 1. The summed E-state index contributed by atoms with van der Waals surface area (Å²) in [6, 6.07) is 14.0. The van der Waals surface area contributed by atoms with Gasteiger partial charge >= 0.3 is 0 Å². The van der Waals surface area contributed by atoms with E-state index in [1.807, 2.05) is 42.2 Å². The smallest absolute Gasteiger partial charge is 0.242 e. The first-order valence-corrected chi connectivity index (χ1v) is 12.7. The number of hydrogen-bond donors (Lipinski definition) is 3. The number of sulfonamides is 1. The molecule has 4 N–H and O–H groups in total. The van der Waals surface area contributed by atoms with Crippen LogP contribution in [0.4, 0.5) is 11.4 Å². The molecule has 1 aliphatic heterocycles. The van der Waals surface area contributed by atoms with Crippen molar-refractivity contribution in [2.24, 2.45) is 11.7 Å². The van der Waals surface area contributed by atoms with E-state index in [4.69, 9.17) is 5.73 Å². The summed E-state index contributed by atoms with van der Waals surface area (Å²) in [5, 5.41) is 2.81. The number of piperidine rings is 1. The zero-order chi connectivity index (χ0) is 24.0. The Morgan fingerprint density at radius 3 is 2.39 bits per heavy atom. The second-order valence-electron chi connectivity index (χ2n) is 8.49. The Kier molecular flexibility index (Phi) is 8.10. The summed E-state index contributed by atoms with van der Waals surface area (Å²) >= 11 is 0. The second kappa shape index (κ2) is 10.8. The van der Waals surface area contributed by atoms with Crippen LogP contribution in [0.3, 0.4) is 0 Å². The van der Waals surface area contributed by atoms with Gasteiger partial charge in [-0.3, -0.25) is 9.59 Å². The van der Waals surface area contributed by atoms with E-state index in [9.17, 15) is 18.0 Å². The summed E-state index contributed by atoms with van der Waals surface area (Å²) in [6.45, 7) is 4.77. The highest BCUT2D eigenvalue weighted by Gasteiger charge is 2.28. The number of carbonyl (C=O) groups excluding carboxylic acids is 2. The van der Waals surface area contributed by atoms with Gasteiger partial charge in [0.1, 0.15) is 4.90 Å². The molecule has 3 rings (SSSR count). The minimum atomic E-state index is -3.83. The van der Waals surface area contributed by atoms with Crippen LogP contribution in [0.2, 0.25) is 0 Å². The average Bonchev–Trinajstić information content (AvgIpc) is 2.79. The first-order valence-electron chi connectivity index (χ1n) is 11.2. The monoisotopic (exact) mass is 472 g/mol. The third-order valence-corrected chi connectivity index (χ3v) is 7.57. The average molecular weight is 473 g/mol. The number of carbonyl (C=O) groups is 2. The van der Waals surface area contributed by atoms with Crippen molar-refractivity contribution in [2.75, 3.05) is 23.3 Å². The summed E-state index contributed by atoms with van der Waals surface area (Å²) in [6.07, 6.45) is 1.98. The van der Waals surface area contributed by atoms with Crippen LogP contribution in [0.25, 0.3) is 0 Å². The topological polar surface area (TPSA) is 122 Å². The number of primary amides is 1. The first-order chi connectivity index (χ1) is 15.7. The van der Waals surface area contributed by atoms with Gasteiger partial charge in [0.2, 0.25) is 21.8 Å². The molecular formula is C24H32N4O4S. The van der Waals surface area contributed by atoms with Gasteiger partial charge in [0.15, 0.2) is 0 Å². The van der Waals surface area contributed by atoms with Crippen LogP contribution in [0.1, 0.15) is 38.7 Å². The standard InChI is InChI=1S/C24H32N4O4S/c1-3-17(2)27-33(31,32)22-16-20(26-23(29)15-18-7-5-4-6-8-18)9-10-21(22)28-13-11-19(12-14-28)24(25)30/h4-10,16-17,19,27H,3,11-15H2,1-2H3,(H2,25,30)(H,26,29)/t17-/m0/s1. The number of hydrogen-bond acceptors (Lipinski definition) is 5. The van der Waals surface area contributed by atoms with E-state index < -0.39 is 10.0 Å². The molecular weight excluding hydrogens is 440 g/mol. The molecule has 1 heterocycles. The molecule has 0 saturated carbocycles. The number of rotatable bonds is 9. The van der Waals surface area contributed by atoms with Crippen molar-refractivity contribution in [1.82, 2.24) is 4.72 Å². The zero-order valence-corrected chi connectivity index (χ0v) is 19.9. The predicted molar refractivity (Wildman–Crippen MR) is 129 cm³/mol. The highest BCUT2D eigenvalue weighted by atomic mass is 32.2. The molecule has 178 valence electrons. The molecule has 1 saturated heterocycles. The summed E-state index contributed by atoms with van der Waals surface area (Å²) in [4.78, 5) is 26.1. The fourth-order valence-electron chi connectivity index (χ4n) is 3.87. The largest absolute Gasteiger partial charge is 0.370 e. The lowest BCUT2D eigenvalue weighted by Gasteiger charge is -2.33. The Morgan fingerprint density at radius 1 is 1.12 bits per heavy atom. The Bertz CT molecular complexity index is 1080. The van der Waals surface area contributed by atoms with E-state index in [-0.39, 0.29) is 35.1 Å². The predicted octanol–water partition coefficient (Wildman–Crippen LogP) is 2.65. The molecule has 1 aliphatic rings. The van der Waals surface area contributed by atoms with Gasteiger partial charge in [-0.2, -0.15) is 0 Å². The lowest BCUT2D eigenvalue weighted by atomic mass is 9.96. The summed E-state index contributed by atoms with van der Waals surface area (Å²) in [7, 11) is -3.83. The van der Waals surface area contributed by atoms with Gasteiger partial charge in [0.05, 0.1) is 12.1 Å². The van der Waals surface area contributed by atoms with Crippen molar-refractivity contribution in [3.63, 3.8) is 0 Å². The Morgan fingerprint density at radius 2 is 1.79 bits per heavy atom. The molecule has 1 fully saturated rings. The molecule has 0 aliphatic carbocycles. The van der Waals surface area contributed by atoms with Crippen LogP contribution in [0.5, 0.6) is 0 Å². The molecule has 1 atom stereocenters. The minimum Gasteiger partial charge on any atom is -0.370 e. The Hall–Kier alpha value is -2.91. The molecule has 9 heteroatoms. The molecule has 8 nitrogen and oxygen atoms in total. The van der Waals surface area contributed by atoms with Gasteiger partial charge in [0.25, 0.3) is 0 Å². The van der Waals surface area contributed by atoms with E-state index in [1.54, 1.807) is 19.1 Å². The maximum atomic E-state index is 13.2. The van der Waals surface area contributed by atoms with Gasteiger partial charge in [-0.15, -0.1) is 0 Å². The van der Waals surface area contributed by atoms with Crippen LogP contribution in [0, 0.1) is 5.92 Å². The van der Waals surface area contributed by atoms with Crippen LogP contribution in [-0.2, 0) is 26.0 Å². The Labute approximate surface area is 195 Å². The summed E-state index contributed by atoms with van der Waals surface area (Å²) in [5.41, 5.74) is 7.27. The van der Waals surface area contributed by atoms with Crippen molar-refractivity contribution >= 4 is 33.2 Å². The van der Waals surface area contributed by atoms with Crippen molar-refractivity contribution < 1.29 is 18.0 Å². The van der Waals surface area contributed by atoms with Crippen molar-refractivity contribution in [3.8, 4) is 0 Å². The number of nitrogens with one attached hydrogen (secondary N) is 2. The van der Waals surface area contributed by atoms with E-state index in [2.05, 4.69) is 10.0 Å². The highest BCUT2D eigenvalue weighted by Crippen LogP contribution is 2.32. The fourth-order valence-corrected chi connectivity index (χ4v) is 5.45. The molecule has 0 radical (unpaired) electrons. The molecule has 0 bridgehead atoms. The third kappa shape index (κ3) is 6.55. The molecule has 0 spiro atoms. The van der Waals surface area contributed by atoms with Crippen LogP contribution in [-0.4, -0.2) is 39.4 Å². The lowest BCUT2D eigenvalue weighted by molar-refractivity contribution is -0.122. The van der Waals surface area contributed by atoms with E-state index in [0.29, 0.717) is 43.7 Å². The van der Waals surface area contributed by atoms with Crippen LogP contribution in [0.15, 0.2) is 53.4 Å². The van der Waals surface area contributed by atoms with Gasteiger partial charge in [-0.05, 0) is 49.9 Å². The van der Waals surface area contributed by atoms with Gasteiger partial charge in [0, 0.05) is 30.7 Å². The van der Waals surface area contributed by atoms with Crippen molar-refractivity contribution in [3.05, 3.63) is 54.1 Å². The lowest BCUT2D eigenvalue weighted by Crippen LogP contribution is -2.40. The number of anilines is 2. The summed E-state index contributed by atoms with van der Waals surface area (Å²) < 4.78 is 29.2. The molecule has 0 aromatic heterocycles.